The van der Waals surface area contributed by atoms with Gasteiger partial charge in [0.05, 0.1) is 16.2 Å². The molecule has 6 heteroatoms. The average Bonchev–Trinajstić information content (AvgIpc) is 2.90. The molecule has 1 amide bonds. The second kappa shape index (κ2) is 5.81. The lowest BCUT2D eigenvalue weighted by atomic mass is 10.1. The van der Waals surface area contributed by atoms with E-state index < -0.39 is 4.92 Å². The van der Waals surface area contributed by atoms with Crippen molar-refractivity contribution in [1.82, 2.24) is 0 Å². The van der Waals surface area contributed by atoms with Crippen molar-refractivity contribution in [2.45, 2.75) is 12.3 Å². The minimum atomic E-state index is -0.397. The summed E-state index contributed by atoms with van der Waals surface area (Å²) in [5.41, 5.74) is 2.48. The maximum absolute atomic E-state index is 12.3. The summed E-state index contributed by atoms with van der Waals surface area (Å²) in [5.74, 6) is 0.293. The molecule has 0 aromatic heterocycles. The van der Waals surface area contributed by atoms with Crippen LogP contribution >= 0.6 is 11.8 Å². The van der Waals surface area contributed by atoms with Gasteiger partial charge in [0.25, 0.3) is 5.69 Å². The highest BCUT2D eigenvalue weighted by Crippen LogP contribution is 2.44. The van der Waals surface area contributed by atoms with Crippen LogP contribution in [0.5, 0.6) is 0 Å². The fourth-order valence-corrected chi connectivity index (χ4v) is 3.71. The van der Waals surface area contributed by atoms with E-state index in [-0.39, 0.29) is 17.0 Å². The number of nitrogens with zero attached hydrogens (tertiary/aromatic N) is 2. The lowest BCUT2D eigenvalue weighted by molar-refractivity contribution is -0.385. The van der Waals surface area contributed by atoms with E-state index in [0.717, 1.165) is 11.3 Å². The summed E-state index contributed by atoms with van der Waals surface area (Å²) < 4.78 is 0. The zero-order valence-electron chi connectivity index (χ0n) is 11.9. The van der Waals surface area contributed by atoms with Crippen molar-refractivity contribution in [3.63, 3.8) is 0 Å². The lowest BCUT2D eigenvalue weighted by Gasteiger charge is -2.24. The summed E-state index contributed by atoms with van der Waals surface area (Å²) in [4.78, 5) is 24.7. The van der Waals surface area contributed by atoms with Gasteiger partial charge in [-0.1, -0.05) is 29.8 Å². The Morgan fingerprint density at radius 3 is 2.55 bits per heavy atom. The van der Waals surface area contributed by atoms with Crippen LogP contribution in [0.4, 0.5) is 11.4 Å². The molecule has 0 N–H and O–H groups in total. The van der Waals surface area contributed by atoms with Crippen LogP contribution in [-0.2, 0) is 4.79 Å². The van der Waals surface area contributed by atoms with Gasteiger partial charge in [-0.3, -0.25) is 19.8 Å². The monoisotopic (exact) mass is 314 g/mol. The molecule has 3 rings (SSSR count). The Morgan fingerprint density at radius 2 is 1.86 bits per heavy atom. The van der Waals surface area contributed by atoms with E-state index in [4.69, 9.17) is 0 Å². The summed E-state index contributed by atoms with van der Waals surface area (Å²) in [6, 6.07) is 14.2. The van der Waals surface area contributed by atoms with Crippen molar-refractivity contribution in [3.05, 3.63) is 69.8 Å². The normalized spacial score (nSPS) is 17.8. The van der Waals surface area contributed by atoms with Crippen LogP contribution in [0.2, 0.25) is 0 Å². The van der Waals surface area contributed by atoms with Gasteiger partial charge >= 0.3 is 0 Å². The smallest absolute Gasteiger partial charge is 0.275 e. The topological polar surface area (TPSA) is 63.5 Å². The van der Waals surface area contributed by atoms with Crippen molar-refractivity contribution >= 4 is 29.0 Å². The summed E-state index contributed by atoms with van der Waals surface area (Å²) in [6.45, 7) is 1.98. The number of hydrogen-bond acceptors (Lipinski definition) is 4. The molecule has 1 aliphatic heterocycles. The molecule has 0 saturated carbocycles. The first kappa shape index (κ1) is 14.6. The summed E-state index contributed by atoms with van der Waals surface area (Å²) >= 11 is 1.41. The molecule has 0 radical (unpaired) electrons. The predicted molar refractivity (Wildman–Crippen MR) is 87.0 cm³/mol. The number of aryl methyl sites for hydroxylation is 1. The maximum Gasteiger partial charge on any atom is 0.275 e. The maximum atomic E-state index is 12.3. The predicted octanol–water partition coefficient (Wildman–Crippen LogP) is 3.68. The molecule has 0 aliphatic carbocycles. The molecule has 112 valence electrons. The molecular formula is C16H14N2O3S. The number of nitro groups is 1. The number of amides is 1. The van der Waals surface area contributed by atoms with Gasteiger partial charge in [-0.05, 0) is 25.1 Å². The molecular weight excluding hydrogens is 300 g/mol. The van der Waals surface area contributed by atoms with E-state index in [2.05, 4.69) is 0 Å². The van der Waals surface area contributed by atoms with Crippen molar-refractivity contribution in [2.75, 3.05) is 10.7 Å². The van der Waals surface area contributed by atoms with Gasteiger partial charge in [0, 0.05) is 11.8 Å². The van der Waals surface area contributed by atoms with Gasteiger partial charge in [0.1, 0.15) is 5.37 Å². The number of hydrogen-bond donors (Lipinski definition) is 0. The largest absolute Gasteiger partial charge is 0.295 e. The molecule has 0 bridgehead atoms. The number of benzene rings is 2. The summed E-state index contributed by atoms with van der Waals surface area (Å²) in [6.07, 6.45) is 0. The van der Waals surface area contributed by atoms with Crippen LogP contribution in [0, 0.1) is 17.0 Å². The molecule has 22 heavy (non-hydrogen) atoms. The standard InChI is InChI=1S/C16H14N2O3S/c1-11-6-8-12(9-7-11)17-15(19)10-22-16(17)13-4-2-3-5-14(13)18(20)21/h2-9,16H,10H2,1H3/t16-/m0/s1. The fourth-order valence-electron chi connectivity index (χ4n) is 2.50. The van der Waals surface area contributed by atoms with Crippen LogP contribution in [0.15, 0.2) is 48.5 Å². The Balaban J connectivity index is 2.05. The van der Waals surface area contributed by atoms with Gasteiger partial charge in [-0.2, -0.15) is 0 Å². The molecule has 5 nitrogen and oxygen atoms in total. The van der Waals surface area contributed by atoms with Crippen molar-refractivity contribution in [3.8, 4) is 0 Å². The van der Waals surface area contributed by atoms with E-state index >= 15 is 0 Å². The molecule has 0 spiro atoms. The molecule has 2 aromatic rings. The summed E-state index contributed by atoms with van der Waals surface area (Å²) in [7, 11) is 0. The molecule has 1 saturated heterocycles. The molecule has 2 aromatic carbocycles. The van der Waals surface area contributed by atoms with Crippen LogP contribution < -0.4 is 4.90 Å². The Kier molecular flexibility index (Phi) is 3.85. The van der Waals surface area contributed by atoms with E-state index in [9.17, 15) is 14.9 Å². The van der Waals surface area contributed by atoms with E-state index in [0.29, 0.717) is 11.3 Å². The zero-order valence-corrected chi connectivity index (χ0v) is 12.7. The highest BCUT2D eigenvalue weighted by atomic mass is 32.2. The minimum Gasteiger partial charge on any atom is -0.295 e. The second-order valence-corrected chi connectivity index (χ2v) is 6.15. The first-order valence-electron chi connectivity index (χ1n) is 6.81. The molecule has 1 heterocycles. The van der Waals surface area contributed by atoms with Gasteiger partial charge in [-0.25, -0.2) is 0 Å². The first-order chi connectivity index (χ1) is 10.6. The van der Waals surface area contributed by atoms with Crippen molar-refractivity contribution in [1.29, 1.82) is 0 Å². The van der Waals surface area contributed by atoms with Gasteiger partial charge in [0.15, 0.2) is 0 Å². The van der Waals surface area contributed by atoms with E-state index in [1.54, 1.807) is 23.1 Å². The number of para-hydroxylation sites is 1. The van der Waals surface area contributed by atoms with Crippen LogP contribution in [0.3, 0.4) is 0 Å². The van der Waals surface area contributed by atoms with Gasteiger partial charge < -0.3 is 0 Å². The Morgan fingerprint density at radius 1 is 1.18 bits per heavy atom. The molecule has 0 unspecified atom stereocenters. The van der Waals surface area contributed by atoms with E-state index in [1.807, 2.05) is 31.2 Å². The number of anilines is 1. The highest BCUT2D eigenvalue weighted by molar-refractivity contribution is 8.00. The number of carbonyl (C=O) groups excluding carboxylic acids is 1. The van der Waals surface area contributed by atoms with Crippen LogP contribution in [0.1, 0.15) is 16.5 Å². The molecule has 1 aliphatic rings. The minimum absolute atomic E-state index is 0.0306. The Bertz CT molecular complexity index is 730. The third-order valence-corrected chi connectivity index (χ3v) is 4.77. The first-order valence-corrected chi connectivity index (χ1v) is 7.86. The average molecular weight is 314 g/mol. The van der Waals surface area contributed by atoms with Crippen LogP contribution in [-0.4, -0.2) is 16.6 Å². The van der Waals surface area contributed by atoms with Crippen molar-refractivity contribution in [2.24, 2.45) is 0 Å². The number of nitro benzene ring substituents is 1. The van der Waals surface area contributed by atoms with E-state index in [1.165, 1.54) is 17.8 Å². The summed E-state index contributed by atoms with van der Waals surface area (Å²) in [5, 5.41) is 10.9. The number of thioether (sulfide) groups is 1. The number of rotatable bonds is 3. The molecule has 1 atom stereocenters. The van der Waals surface area contributed by atoms with Gasteiger partial charge in [0.2, 0.25) is 5.91 Å². The quantitative estimate of drug-likeness (QED) is 0.640. The van der Waals surface area contributed by atoms with Crippen LogP contribution in [0.25, 0.3) is 0 Å². The zero-order chi connectivity index (χ0) is 15.7. The third kappa shape index (κ3) is 2.57. The Hall–Kier alpha value is -2.34. The van der Waals surface area contributed by atoms with Crippen molar-refractivity contribution < 1.29 is 9.72 Å². The van der Waals surface area contributed by atoms with Gasteiger partial charge in [-0.15, -0.1) is 11.8 Å². The number of carbonyl (C=O) groups is 1. The fraction of sp³-hybridized carbons (Fsp3) is 0.188. The second-order valence-electron chi connectivity index (χ2n) is 5.08. The highest BCUT2D eigenvalue weighted by Gasteiger charge is 2.37. The third-order valence-electron chi connectivity index (χ3n) is 3.58. The Labute approximate surface area is 132 Å². The SMILES string of the molecule is Cc1ccc(N2C(=O)CS[C@H]2c2ccccc2[N+](=O)[O-])cc1. The molecule has 1 fully saturated rings. The lowest BCUT2D eigenvalue weighted by Crippen LogP contribution is -2.28.